The fraction of sp³-hybridized carbons (Fsp3) is 0.208. The van der Waals surface area contributed by atoms with Crippen LogP contribution in [0, 0.1) is 0 Å². The van der Waals surface area contributed by atoms with Crippen molar-refractivity contribution in [1.29, 1.82) is 0 Å². The molecule has 0 heterocycles. The molecule has 180 valence electrons. The highest BCUT2D eigenvalue weighted by Gasteiger charge is 2.30. The Bertz CT molecular complexity index is 1180. The number of carbonyl (C=O) groups excluding carboxylic acids is 1. The Morgan fingerprint density at radius 1 is 0.971 bits per heavy atom. The zero-order valence-electron chi connectivity index (χ0n) is 17.6. The molecule has 0 aliphatic rings. The first-order chi connectivity index (χ1) is 16.2. The number of amides is 1. The van der Waals surface area contributed by atoms with Crippen molar-refractivity contribution < 1.29 is 27.4 Å². The monoisotopic (exact) mass is 531 g/mol. The Balaban J connectivity index is 1.56. The molecule has 3 rings (SSSR count). The molecular weight excluding hydrogens is 514 g/mol. The molecule has 0 spiro atoms. The minimum absolute atomic E-state index is 0.109. The maximum absolute atomic E-state index is 12.6. The number of nitrogens with one attached hydrogen (secondary N) is 1. The van der Waals surface area contributed by atoms with Gasteiger partial charge in [-0.05, 0) is 55.0 Å². The van der Waals surface area contributed by atoms with Crippen molar-refractivity contribution in [1.82, 2.24) is 5.32 Å². The van der Waals surface area contributed by atoms with Gasteiger partial charge in [-0.15, -0.1) is 0 Å². The third-order valence-electron chi connectivity index (χ3n) is 4.73. The Hall–Kier alpha value is -2.61. The van der Waals surface area contributed by atoms with Crippen LogP contribution in [0.3, 0.4) is 0 Å². The van der Waals surface area contributed by atoms with Crippen molar-refractivity contribution in [3.05, 3.63) is 81.3 Å². The lowest BCUT2D eigenvalue weighted by Crippen LogP contribution is -2.25. The number of hydrogen-bond acceptors (Lipinski definition) is 3. The van der Waals surface area contributed by atoms with Crippen LogP contribution in [0.4, 0.5) is 13.2 Å². The molecule has 0 radical (unpaired) electrons. The van der Waals surface area contributed by atoms with Gasteiger partial charge in [0.1, 0.15) is 22.6 Å². The second-order valence-corrected chi connectivity index (χ2v) is 8.48. The van der Waals surface area contributed by atoms with E-state index in [-0.39, 0.29) is 29.8 Å². The van der Waals surface area contributed by atoms with Gasteiger partial charge in [-0.3, -0.25) is 4.79 Å². The molecular formula is C24H19Cl3F3NO3. The number of carbonyl (C=O) groups is 1. The highest BCUT2D eigenvalue weighted by atomic mass is 35.5. The maximum atomic E-state index is 12.6. The predicted octanol–water partition coefficient (Wildman–Crippen LogP) is 7.41. The van der Waals surface area contributed by atoms with Gasteiger partial charge in [0, 0.05) is 22.9 Å². The second kappa shape index (κ2) is 11.7. The van der Waals surface area contributed by atoms with Crippen LogP contribution < -0.4 is 14.8 Å². The van der Waals surface area contributed by atoms with Gasteiger partial charge in [-0.2, -0.15) is 13.2 Å². The van der Waals surface area contributed by atoms with Gasteiger partial charge in [0.2, 0.25) is 0 Å². The van der Waals surface area contributed by atoms with Gasteiger partial charge < -0.3 is 14.8 Å². The molecule has 10 heteroatoms. The van der Waals surface area contributed by atoms with E-state index in [0.717, 1.165) is 35.0 Å². The van der Waals surface area contributed by atoms with E-state index in [2.05, 4.69) is 5.32 Å². The topological polar surface area (TPSA) is 47.6 Å². The number of halogens is 6. The highest BCUT2D eigenvalue weighted by molar-refractivity contribution is 6.55. The summed E-state index contributed by atoms with van der Waals surface area (Å²) in [6.45, 7) is 0.711. The molecule has 0 aliphatic carbocycles. The summed E-state index contributed by atoms with van der Waals surface area (Å²) in [4.78, 5) is 12.1. The van der Waals surface area contributed by atoms with E-state index in [1.807, 2.05) is 12.1 Å². The summed E-state index contributed by atoms with van der Waals surface area (Å²) in [7, 11) is 0. The first-order valence-electron chi connectivity index (χ1n) is 10.1. The molecule has 34 heavy (non-hydrogen) atoms. The smallest absolute Gasteiger partial charge is 0.416 e. The molecule has 0 atom stereocenters. The SMILES string of the molecule is O=C(NCCCOc1c(Cl)ccc2c(OCC=C(Cl)Cl)cccc12)c1ccc(C(F)(F)F)cc1. The molecule has 1 amide bonds. The molecule has 0 fully saturated rings. The normalized spacial score (nSPS) is 11.2. The number of fused-ring (bicyclic) bond motifs is 1. The van der Waals surface area contributed by atoms with Gasteiger partial charge in [-0.25, -0.2) is 0 Å². The summed E-state index contributed by atoms with van der Waals surface area (Å²) in [5.41, 5.74) is -0.666. The average Bonchev–Trinajstić information content (AvgIpc) is 2.79. The molecule has 0 unspecified atom stereocenters. The van der Waals surface area contributed by atoms with E-state index in [4.69, 9.17) is 44.3 Å². The predicted molar refractivity (Wildman–Crippen MR) is 128 cm³/mol. The summed E-state index contributed by atoms with van der Waals surface area (Å²) >= 11 is 17.5. The maximum Gasteiger partial charge on any atom is 0.416 e. The fourth-order valence-electron chi connectivity index (χ4n) is 3.10. The van der Waals surface area contributed by atoms with Crippen molar-refractivity contribution >= 4 is 51.5 Å². The Morgan fingerprint density at radius 2 is 1.71 bits per heavy atom. The quantitative estimate of drug-likeness (QED) is 0.292. The minimum atomic E-state index is -4.45. The van der Waals surface area contributed by atoms with Gasteiger partial charge >= 0.3 is 6.18 Å². The zero-order chi connectivity index (χ0) is 24.7. The number of alkyl halides is 3. The minimum Gasteiger partial charge on any atom is -0.491 e. The largest absolute Gasteiger partial charge is 0.491 e. The number of rotatable bonds is 9. The molecule has 0 bridgehead atoms. The number of benzene rings is 3. The molecule has 0 saturated heterocycles. The molecule has 0 aliphatic heterocycles. The van der Waals surface area contributed by atoms with Gasteiger partial charge in [0.15, 0.2) is 0 Å². The molecule has 4 nitrogen and oxygen atoms in total. The standard InChI is InChI=1S/C24H19Cl3F3NO3/c25-19-10-9-17-18(3-1-4-20(17)33-14-11-21(26)27)22(19)34-13-2-12-31-23(32)15-5-7-16(8-6-15)24(28,29)30/h1,3-11H,2,12-14H2,(H,31,32). The third kappa shape index (κ3) is 6.95. The second-order valence-electron chi connectivity index (χ2n) is 7.07. The van der Waals surface area contributed by atoms with Gasteiger partial charge in [0.25, 0.3) is 5.91 Å². The van der Waals surface area contributed by atoms with Crippen molar-refractivity contribution in [3.8, 4) is 11.5 Å². The van der Waals surface area contributed by atoms with E-state index in [0.29, 0.717) is 22.9 Å². The van der Waals surface area contributed by atoms with Crippen LogP contribution in [0.1, 0.15) is 22.3 Å². The third-order valence-corrected chi connectivity index (χ3v) is 5.33. The van der Waals surface area contributed by atoms with E-state index >= 15 is 0 Å². The van der Waals surface area contributed by atoms with Crippen molar-refractivity contribution in [2.24, 2.45) is 0 Å². The van der Waals surface area contributed by atoms with Crippen LogP contribution in [-0.4, -0.2) is 25.7 Å². The van der Waals surface area contributed by atoms with Crippen LogP contribution in [0.25, 0.3) is 10.8 Å². The van der Waals surface area contributed by atoms with Crippen LogP contribution in [0.15, 0.2) is 65.2 Å². The number of ether oxygens (including phenoxy) is 2. The average molecular weight is 533 g/mol. The van der Waals surface area contributed by atoms with Crippen molar-refractivity contribution in [2.45, 2.75) is 12.6 Å². The summed E-state index contributed by atoms with van der Waals surface area (Å²) < 4.78 is 49.6. The molecule has 3 aromatic rings. The van der Waals surface area contributed by atoms with Crippen LogP contribution in [-0.2, 0) is 6.18 Å². The van der Waals surface area contributed by atoms with E-state index in [9.17, 15) is 18.0 Å². The van der Waals surface area contributed by atoms with Crippen LogP contribution >= 0.6 is 34.8 Å². The van der Waals surface area contributed by atoms with Crippen molar-refractivity contribution in [3.63, 3.8) is 0 Å². The van der Waals surface area contributed by atoms with Crippen LogP contribution in [0.2, 0.25) is 5.02 Å². The first-order valence-corrected chi connectivity index (χ1v) is 11.2. The first kappa shape index (κ1) is 26.0. The molecule has 1 N–H and O–H groups in total. The zero-order valence-corrected chi connectivity index (χ0v) is 19.9. The van der Waals surface area contributed by atoms with Gasteiger partial charge in [-0.1, -0.05) is 46.9 Å². The lowest BCUT2D eigenvalue weighted by Gasteiger charge is -2.14. The summed E-state index contributed by atoms with van der Waals surface area (Å²) in [6, 6.07) is 13.0. The summed E-state index contributed by atoms with van der Waals surface area (Å²) in [6.07, 6.45) is -2.47. The summed E-state index contributed by atoms with van der Waals surface area (Å²) in [5, 5.41) is 4.61. The Kier molecular flexibility index (Phi) is 8.94. The fourth-order valence-corrected chi connectivity index (χ4v) is 3.45. The highest BCUT2D eigenvalue weighted by Crippen LogP contribution is 2.37. The lowest BCUT2D eigenvalue weighted by molar-refractivity contribution is -0.137. The van der Waals surface area contributed by atoms with E-state index in [1.54, 1.807) is 18.2 Å². The van der Waals surface area contributed by atoms with Crippen molar-refractivity contribution in [2.75, 3.05) is 19.8 Å². The summed E-state index contributed by atoms with van der Waals surface area (Å²) in [5.74, 6) is 0.614. The van der Waals surface area contributed by atoms with E-state index < -0.39 is 17.6 Å². The molecule has 0 aromatic heterocycles. The molecule has 3 aromatic carbocycles. The van der Waals surface area contributed by atoms with Crippen LogP contribution in [0.5, 0.6) is 11.5 Å². The van der Waals surface area contributed by atoms with Gasteiger partial charge in [0.05, 0.1) is 17.2 Å². The molecule has 0 saturated carbocycles. The Labute approximate surface area is 209 Å². The number of hydrogen-bond donors (Lipinski definition) is 1. The lowest BCUT2D eigenvalue weighted by atomic mass is 10.1. The van der Waals surface area contributed by atoms with E-state index in [1.165, 1.54) is 6.08 Å². The Morgan fingerprint density at radius 3 is 2.38 bits per heavy atom.